The van der Waals surface area contributed by atoms with Gasteiger partial charge >= 0.3 is 0 Å². The lowest BCUT2D eigenvalue weighted by Crippen LogP contribution is -2.14. The number of fused-ring (bicyclic) bond motifs is 8. The molecular weight excluding hydrogens is 801 g/mol. The molecule has 0 unspecified atom stereocenters. The first-order chi connectivity index (χ1) is 31.1. The van der Waals surface area contributed by atoms with Crippen LogP contribution < -0.4 is 37.9 Å². The predicted octanol–water partition coefficient (Wildman–Crippen LogP) is 12.1. The summed E-state index contributed by atoms with van der Waals surface area (Å²) in [6.45, 7) is 42.5. The van der Waals surface area contributed by atoms with E-state index in [2.05, 4.69) is 80.3 Å². The molecule has 0 fully saturated rings. The fourth-order valence-corrected chi connectivity index (χ4v) is 8.06. The molecular formula is C56H64O8. The van der Waals surface area contributed by atoms with Gasteiger partial charge in [-0.2, -0.15) is 0 Å². The molecule has 8 nitrogen and oxygen atoms in total. The van der Waals surface area contributed by atoms with Gasteiger partial charge in [-0.25, -0.2) is 0 Å². The number of benzene rings is 4. The molecule has 0 saturated carbocycles. The Labute approximate surface area is 381 Å². The SMILES string of the molecule is C=CCOc1cc(OCC=C)c2c(C)c1Cc1c(OCC=C)cc(OCC=C)c(c1C)Cc1c(OCC=C)cc(OCC=C)c(c1C)Cc1c(OCC=C)cc(OCC=C)c(c1C)C2. The summed E-state index contributed by atoms with van der Waals surface area (Å²) in [5, 5.41) is 0. The van der Waals surface area contributed by atoms with Crippen molar-refractivity contribution in [1.82, 2.24) is 0 Å². The van der Waals surface area contributed by atoms with E-state index in [-0.39, 0.29) is 0 Å². The molecule has 4 aromatic rings. The van der Waals surface area contributed by atoms with E-state index in [4.69, 9.17) is 37.9 Å². The Morgan fingerprint density at radius 3 is 0.516 bits per heavy atom. The van der Waals surface area contributed by atoms with Gasteiger partial charge in [-0.05, 0) is 49.9 Å². The van der Waals surface area contributed by atoms with Crippen LogP contribution in [-0.2, 0) is 25.7 Å². The minimum atomic E-state index is 0.293. The Morgan fingerprint density at radius 1 is 0.281 bits per heavy atom. The van der Waals surface area contributed by atoms with Gasteiger partial charge in [0.1, 0.15) is 98.9 Å². The first-order valence-electron chi connectivity index (χ1n) is 21.6. The lowest BCUT2D eigenvalue weighted by atomic mass is 9.84. The second kappa shape index (κ2) is 23.6. The maximum atomic E-state index is 6.50. The zero-order valence-electron chi connectivity index (χ0n) is 38.3. The van der Waals surface area contributed by atoms with E-state index in [1.807, 2.05) is 24.3 Å². The summed E-state index contributed by atoms with van der Waals surface area (Å²) in [4.78, 5) is 0. The van der Waals surface area contributed by atoms with Gasteiger partial charge in [0, 0.05) is 94.5 Å². The van der Waals surface area contributed by atoms with Crippen LogP contribution in [0.2, 0.25) is 0 Å². The van der Waals surface area contributed by atoms with Crippen LogP contribution in [0.25, 0.3) is 0 Å². The average Bonchev–Trinajstić information content (AvgIpc) is 3.29. The third-order valence-electron chi connectivity index (χ3n) is 11.3. The van der Waals surface area contributed by atoms with Crippen LogP contribution in [0.15, 0.2) is 126 Å². The lowest BCUT2D eigenvalue weighted by molar-refractivity contribution is 0.334. The van der Waals surface area contributed by atoms with Crippen molar-refractivity contribution in [3.63, 3.8) is 0 Å². The lowest BCUT2D eigenvalue weighted by Gasteiger charge is -2.27. The van der Waals surface area contributed by atoms with Crippen LogP contribution in [0.4, 0.5) is 0 Å². The van der Waals surface area contributed by atoms with Crippen molar-refractivity contribution in [3.8, 4) is 46.0 Å². The van der Waals surface area contributed by atoms with E-state index >= 15 is 0 Å². The zero-order chi connectivity index (χ0) is 46.2. The highest BCUT2D eigenvalue weighted by Gasteiger charge is 2.29. The highest BCUT2D eigenvalue weighted by Crippen LogP contribution is 2.46. The standard InChI is InChI=1S/C56H64O8/c1-13-21-57-49-33-50(58-22-14-2)43-30-44-39(11)47(54(62-26-18-6)35-53(44)61-25-17-5)32-48-40(12)46(55(63-27-19-7)36-56(48)64-28-20-8)31-45-38(10)42(29-41(49)37(43)9)51(59-23-15-3)34-52(45)60-24-16-4/h13-20,33-36H,1-8,21-32H2,9-12H3. The fourth-order valence-electron chi connectivity index (χ4n) is 8.06. The average molecular weight is 865 g/mol. The molecule has 0 N–H and O–H groups in total. The normalized spacial score (nSPS) is 11.6. The van der Waals surface area contributed by atoms with Crippen LogP contribution in [0, 0.1) is 27.7 Å². The number of hydrogen-bond acceptors (Lipinski definition) is 8. The van der Waals surface area contributed by atoms with Crippen LogP contribution in [0.3, 0.4) is 0 Å². The minimum absolute atomic E-state index is 0.293. The summed E-state index contributed by atoms with van der Waals surface area (Å²) in [7, 11) is 0. The first-order valence-corrected chi connectivity index (χ1v) is 21.6. The topological polar surface area (TPSA) is 73.8 Å². The molecule has 0 saturated heterocycles. The smallest absolute Gasteiger partial charge is 0.127 e. The summed E-state index contributed by atoms with van der Waals surface area (Å²) in [6.07, 6.45) is 15.7. The molecule has 0 aromatic heterocycles. The molecule has 4 aromatic carbocycles. The molecule has 1 aliphatic rings. The fraction of sp³-hybridized carbons (Fsp3) is 0.286. The third kappa shape index (κ3) is 11.0. The second-order valence-electron chi connectivity index (χ2n) is 15.3. The summed E-state index contributed by atoms with van der Waals surface area (Å²) < 4.78 is 52.0. The van der Waals surface area contributed by atoms with E-state index in [9.17, 15) is 0 Å². The van der Waals surface area contributed by atoms with Crippen molar-refractivity contribution in [2.75, 3.05) is 52.9 Å². The monoisotopic (exact) mass is 864 g/mol. The van der Waals surface area contributed by atoms with Crippen molar-refractivity contribution in [2.45, 2.75) is 53.4 Å². The molecule has 5 rings (SSSR count). The van der Waals surface area contributed by atoms with Gasteiger partial charge in [-0.3, -0.25) is 0 Å². The van der Waals surface area contributed by atoms with E-state index in [1.165, 1.54) is 0 Å². The van der Waals surface area contributed by atoms with Crippen molar-refractivity contribution in [1.29, 1.82) is 0 Å². The van der Waals surface area contributed by atoms with Crippen molar-refractivity contribution < 1.29 is 37.9 Å². The third-order valence-corrected chi connectivity index (χ3v) is 11.3. The van der Waals surface area contributed by atoms with E-state index in [0.29, 0.717) is 125 Å². The summed E-state index contributed by atoms with van der Waals surface area (Å²) in [5.74, 6) is 5.40. The van der Waals surface area contributed by atoms with Gasteiger partial charge in [0.2, 0.25) is 0 Å². The van der Waals surface area contributed by atoms with Gasteiger partial charge < -0.3 is 37.9 Å². The van der Waals surface area contributed by atoms with Gasteiger partial charge in [-0.15, -0.1) is 0 Å². The number of ether oxygens (including phenoxy) is 8. The Kier molecular flexibility index (Phi) is 17.8. The van der Waals surface area contributed by atoms with Crippen molar-refractivity contribution in [3.05, 3.63) is 192 Å². The summed E-state index contributed by atoms with van der Waals surface area (Å²) in [5.41, 5.74) is 11.8. The van der Waals surface area contributed by atoms with Crippen LogP contribution in [-0.4, -0.2) is 52.9 Å². The largest absolute Gasteiger partial charge is 0.489 e. The first kappa shape index (κ1) is 48.2. The van der Waals surface area contributed by atoms with Crippen molar-refractivity contribution in [2.24, 2.45) is 0 Å². The molecule has 0 spiro atoms. The molecule has 336 valence electrons. The van der Waals surface area contributed by atoms with Gasteiger partial charge in [-0.1, -0.05) is 101 Å². The molecule has 0 aliphatic heterocycles. The van der Waals surface area contributed by atoms with Crippen LogP contribution in [0.5, 0.6) is 46.0 Å². The Morgan fingerprint density at radius 2 is 0.406 bits per heavy atom. The van der Waals surface area contributed by atoms with Crippen molar-refractivity contribution >= 4 is 0 Å². The molecule has 8 heteroatoms. The highest BCUT2D eigenvalue weighted by atomic mass is 16.5. The number of rotatable bonds is 24. The molecule has 0 heterocycles. The second-order valence-corrected chi connectivity index (χ2v) is 15.3. The maximum absolute atomic E-state index is 6.50. The van der Waals surface area contributed by atoms with Crippen LogP contribution in [0.1, 0.15) is 66.8 Å². The molecule has 0 atom stereocenters. The quantitative estimate of drug-likeness (QED) is 0.0568. The van der Waals surface area contributed by atoms with Gasteiger partial charge in [0.15, 0.2) is 0 Å². The van der Waals surface area contributed by atoms with E-state index < -0.39 is 0 Å². The highest BCUT2D eigenvalue weighted by molar-refractivity contribution is 5.65. The number of hydrogen-bond donors (Lipinski definition) is 0. The molecule has 0 radical (unpaired) electrons. The molecule has 1 aliphatic carbocycles. The molecule has 64 heavy (non-hydrogen) atoms. The van der Waals surface area contributed by atoms with Crippen LogP contribution >= 0.6 is 0 Å². The Balaban J connectivity index is 2.02. The zero-order valence-corrected chi connectivity index (χ0v) is 38.3. The minimum Gasteiger partial charge on any atom is -0.489 e. The molecule has 0 amide bonds. The van der Waals surface area contributed by atoms with E-state index in [0.717, 1.165) is 66.8 Å². The van der Waals surface area contributed by atoms with Gasteiger partial charge in [0.25, 0.3) is 0 Å². The maximum Gasteiger partial charge on any atom is 0.127 e. The Hall–Kier alpha value is -6.80. The molecule has 8 bridgehead atoms. The Bertz CT molecular complexity index is 1920. The summed E-state index contributed by atoms with van der Waals surface area (Å²) in [6, 6.07) is 7.94. The van der Waals surface area contributed by atoms with Gasteiger partial charge in [0.05, 0.1) is 0 Å². The predicted molar refractivity (Wildman–Crippen MR) is 261 cm³/mol. The van der Waals surface area contributed by atoms with E-state index in [1.54, 1.807) is 48.6 Å². The summed E-state index contributed by atoms with van der Waals surface area (Å²) >= 11 is 0.